The minimum absolute atomic E-state index is 0.0810. The van der Waals surface area contributed by atoms with Gasteiger partial charge in [-0.3, -0.25) is 0 Å². The number of rotatable bonds is 6. The van der Waals surface area contributed by atoms with Gasteiger partial charge in [-0.1, -0.05) is 30.3 Å². The van der Waals surface area contributed by atoms with Crippen molar-refractivity contribution in [3.63, 3.8) is 0 Å². The highest BCUT2D eigenvalue weighted by atomic mass is 16.6. The van der Waals surface area contributed by atoms with E-state index in [1.165, 1.54) is 0 Å². The Hall–Kier alpha value is -2.79. The van der Waals surface area contributed by atoms with E-state index in [0.29, 0.717) is 0 Å². The number of benzene rings is 1. The van der Waals surface area contributed by atoms with Crippen LogP contribution in [0.25, 0.3) is 0 Å². The van der Waals surface area contributed by atoms with Gasteiger partial charge < -0.3 is 25.2 Å². The maximum atomic E-state index is 11.7. The Kier molecular flexibility index (Phi) is 7.69. The van der Waals surface area contributed by atoms with E-state index >= 15 is 0 Å². The molecule has 0 radical (unpaired) electrons. The molecule has 2 unspecified atom stereocenters. The van der Waals surface area contributed by atoms with Crippen molar-refractivity contribution in [2.24, 2.45) is 0 Å². The molecule has 0 aliphatic heterocycles. The van der Waals surface area contributed by atoms with Gasteiger partial charge in [0, 0.05) is 6.54 Å². The average Bonchev–Trinajstić information content (AvgIpc) is 2.55. The summed E-state index contributed by atoms with van der Waals surface area (Å²) in [5, 5.41) is 23.2. The van der Waals surface area contributed by atoms with Gasteiger partial charge >= 0.3 is 12.2 Å². The lowest BCUT2D eigenvalue weighted by atomic mass is 10.2. The first-order chi connectivity index (χ1) is 11.7. The van der Waals surface area contributed by atoms with Gasteiger partial charge in [0.2, 0.25) is 0 Å². The summed E-state index contributed by atoms with van der Waals surface area (Å²) < 4.78 is 10.1. The van der Waals surface area contributed by atoms with E-state index in [2.05, 4.69) is 10.6 Å². The van der Waals surface area contributed by atoms with Crippen molar-refractivity contribution >= 4 is 12.2 Å². The first-order valence-electron chi connectivity index (χ1n) is 7.73. The maximum Gasteiger partial charge on any atom is 0.408 e. The molecule has 0 saturated carbocycles. The highest BCUT2D eigenvalue weighted by Crippen LogP contribution is 2.07. The summed E-state index contributed by atoms with van der Waals surface area (Å²) in [5.41, 5.74) is 0.0898. The van der Waals surface area contributed by atoms with Crippen LogP contribution in [-0.4, -0.2) is 41.6 Å². The molecule has 0 aliphatic carbocycles. The number of nitrogens with one attached hydrogen (secondary N) is 2. The first kappa shape index (κ1) is 20.3. The third kappa shape index (κ3) is 8.58. The molecule has 25 heavy (non-hydrogen) atoms. The molecule has 0 heterocycles. The van der Waals surface area contributed by atoms with Gasteiger partial charge in [0.15, 0.2) is 6.10 Å². The molecule has 0 fully saturated rings. The summed E-state index contributed by atoms with van der Waals surface area (Å²) in [6, 6.07) is 9.67. The van der Waals surface area contributed by atoms with E-state index in [0.717, 1.165) is 5.56 Å². The lowest BCUT2D eigenvalue weighted by Crippen LogP contribution is -2.51. The number of aliphatic hydroxyl groups is 1. The number of carbonyl (C=O) groups is 2. The number of nitriles is 1. The number of aliphatic hydroxyl groups excluding tert-OH is 1. The zero-order chi connectivity index (χ0) is 18.9. The molecule has 0 saturated heterocycles. The number of carbonyl (C=O) groups excluding carboxylic acids is 2. The average molecular weight is 349 g/mol. The lowest BCUT2D eigenvalue weighted by molar-refractivity contribution is 0.0455. The van der Waals surface area contributed by atoms with E-state index in [-0.39, 0.29) is 13.2 Å². The zero-order valence-electron chi connectivity index (χ0n) is 14.5. The number of hydrogen-bond donors (Lipinski definition) is 3. The molecular weight excluding hydrogens is 326 g/mol. The number of alkyl carbamates (subject to hydrolysis) is 2. The quantitative estimate of drug-likeness (QED) is 0.672. The second kappa shape index (κ2) is 9.49. The number of amides is 2. The van der Waals surface area contributed by atoms with Crippen molar-refractivity contribution in [1.29, 1.82) is 5.26 Å². The summed E-state index contributed by atoms with van der Waals surface area (Å²) in [6.45, 7) is 4.93. The molecule has 0 aliphatic rings. The van der Waals surface area contributed by atoms with E-state index in [1.807, 2.05) is 18.2 Å². The summed E-state index contributed by atoms with van der Waals surface area (Å²) in [7, 11) is 0. The molecule has 8 heteroatoms. The fourth-order valence-electron chi connectivity index (χ4n) is 1.76. The molecule has 1 aromatic rings. The van der Waals surface area contributed by atoms with E-state index in [4.69, 9.17) is 14.7 Å². The van der Waals surface area contributed by atoms with Gasteiger partial charge in [0.1, 0.15) is 12.2 Å². The Morgan fingerprint density at radius 1 is 1.24 bits per heavy atom. The van der Waals surface area contributed by atoms with E-state index in [9.17, 15) is 14.7 Å². The van der Waals surface area contributed by atoms with Gasteiger partial charge in [-0.2, -0.15) is 5.26 Å². The SMILES string of the molecule is CC(C)(C)OC(=O)NC(CNC(=O)OCc1ccccc1)C(O)C#N. The monoisotopic (exact) mass is 349 g/mol. The van der Waals surface area contributed by atoms with Crippen molar-refractivity contribution in [3.05, 3.63) is 35.9 Å². The summed E-state index contributed by atoms with van der Waals surface area (Å²) in [5.74, 6) is 0. The van der Waals surface area contributed by atoms with Crippen LogP contribution in [0.15, 0.2) is 30.3 Å². The van der Waals surface area contributed by atoms with Crippen LogP contribution in [0.5, 0.6) is 0 Å². The summed E-state index contributed by atoms with van der Waals surface area (Å²) in [6.07, 6.45) is -3.04. The van der Waals surface area contributed by atoms with Crippen molar-refractivity contribution in [2.75, 3.05) is 6.54 Å². The first-order valence-corrected chi connectivity index (χ1v) is 7.73. The van der Waals surface area contributed by atoms with E-state index in [1.54, 1.807) is 39.0 Å². The Morgan fingerprint density at radius 3 is 2.44 bits per heavy atom. The summed E-state index contributed by atoms with van der Waals surface area (Å²) in [4.78, 5) is 23.5. The molecule has 2 amide bonds. The molecule has 1 aromatic carbocycles. The van der Waals surface area contributed by atoms with Gasteiger partial charge in [-0.25, -0.2) is 9.59 Å². The summed E-state index contributed by atoms with van der Waals surface area (Å²) >= 11 is 0. The second-order valence-corrected chi connectivity index (χ2v) is 6.27. The minimum atomic E-state index is -1.51. The van der Waals surface area contributed by atoms with Crippen LogP contribution >= 0.6 is 0 Å². The van der Waals surface area contributed by atoms with Crippen LogP contribution < -0.4 is 10.6 Å². The fourth-order valence-corrected chi connectivity index (χ4v) is 1.76. The maximum absolute atomic E-state index is 11.7. The molecule has 0 spiro atoms. The standard InChI is InChI=1S/C17H23N3O5/c1-17(2,3)25-16(23)20-13(14(21)9-18)10-19-15(22)24-11-12-7-5-4-6-8-12/h4-8,13-14,21H,10-11H2,1-3H3,(H,19,22)(H,20,23). The Labute approximate surface area is 146 Å². The fraction of sp³-hybridized carbons (Fsp3) is 0.471. The highest BCUT2D eigenvalue weighted by molar-refractivity contribution is 5.69. The highest BCUT2D eigenvalue weighted by Gasteiger charge is 2.25. The molecule has 2 atom stereocenters. The molecule has 0 bridgehead atoms. The van der Waals surface area contributed by atoms with Crippen molar-refractivity contribution in [2.45, 2.75) is 45.1 Å². The Bertz CT molecular complexity index is 607. The van der Waals surface area contributed by atoms with Crippen LogP contribution in [0.3, 0.4) is 0 Å². The molecule has 136 valence electrons. The molecular formula is C17H23N3O5. The second-order valence-electron chi connectivity index (χ2n) is 6.27. The third-order valence-corrected chi connectivity index (χ3v) is 2.89. The number of nitrogens with zero attached hydrogens (tertiary/aromatic N) is 1. The minimum Gasteiger partial charge on any atom is -0.445 e. The molecule has 1 rings (SSSR count). The lowest BCUT2D eigenvalue weighted by Gasteiger charge is -2.24. The molecule has 3 N–H and O–H groups in total. The topological polar surface area (TPSA) is 121 Å². The third-order valence-electron chi connectivity index (χ3n) is 2.89. The van der Waals surface area contributed by atoms with E-state index < -0.39 is 29.9 Å². The van der Waals surface area contributed by atoms with Gasteiger partial charge in [-0.15, -0.1) is 0 Å². The van der Waals surface area contributed by atoms with Crippen LogP contribution in [0, 0.1) is 11.3 Å². The predicted molar refractivity (Wildman–Crippen MR) is 89.4 cm³/mol. The van der Waals surface area contributed by atoms with Gasteiger partial charge in [0.25, 0.3) is 0 Å². The largest absolute Gasteiger partial charge is 0.445 e. The van der Waals surface area contributed by atoms with Gasteiger partial charge in [0.05, 0.1) is 12.1 Å². The van der Waals surface area contributed by atoms with Crippen molar-refractivity contribution < 1.29 is 24.2 Å². The number of ether oxygens (including phenoxy) is 2. The Morgan fingerprint density at radius 2 is 1.88 bits per heavy atom. The zero-order valence-corrected chi connectivity index (χ0v) is 14.5. The van der Waals surface area contributed by atoms with Crippen LogP contribution in [0.4, 0.5) is 9.59 Å². The van der Waals surface area contributed by atoms with Crippen molar-refractivity contribution in [3.8, 4) is 6.07 Å². The predicted octanol–water partition coefficient (Wildman–Crippen LogP) is 1.69. The normalized spacial score (nSPS) is 13.1. The molecule has 0 aromatic heterocycles. The van der Waals surface area contributed by atoms with Crippen LogP contribution in [-0.2, 0) is 16.1 Å². The van der Waals surface area contributed by atoms with Crippen molar-refractivity contribution in [1.82, 2.24) is 10.6 Å². The number of hydrogen-bond acceptors (Lipinski definition) is 6. The van der Waals surface area contributed by atoms with Gasteiger partial charge in [-0.05, 0) is 26.3 Å². The van der Waals surface area contributed by atoms with Crippen LogP contribution in [0.2, 0.25) is 0 Å². The van der Waals surface area contributed by atoms with Crippen LogP contribution in [0.1, 0.15) is 26.3 Å². The Balaban J connectivity index is 2.48. The molecule has 8 nitrogen and oxygen atoms in total. The smallest absolute Gasteiger partial charge is 0.408 e.